The summed E-state index contributed by atoms with van der Waals surface area (Å²) in [5.74, 6) is 0.437. The normalized spacial score (nSPS) is 24.2. The minimum Gasteiger partial charge on any atom is -0.397 e. The number of rotatable bonds is 1. The van der Waals surface area contributed by atoms with E-state index in [1.807, 2.05) is 0 Å². The molecule has 0 fully saturated rings. The summed E-state index contributed by atoms with van der Waals surface area (Å²) < 4.78 is 0. The summed E-state index contributed by atoms with van der Waals surface area (Å²) in [6.07, 6.45) is 12.1. The third-order valence-corrected chi connectivity index (χ3v) is 4.37. The molecule has 1 heterocycles. The van der Waals surface area contributed by atoms with Gasteiger partial charge in [-0.2, -0.15) is 0 Å². The van der Waals surface area contributed by atoms with E-state index in [2.05, 4.69) is 59.5 Å². The molecule has 0 aromatic heterocycles. The lowest BCUT2D eigenvalue weighted by Crippen LogP contribution is -2.24. The van der Waals surface area contributed by atoms with E-state index in [0.717, 1.165) is 25.0 Å². The van der Waals surface area contributed by atoms with Crippen LogP contribution in [0.3, 0.4) is 0 Å². The number of fused-ring (bicyclic) bond motifs is 2. The molecule has 1 atom stereocenters. The minimum absolute atomic E-state index is 0.437. The molecule has 1 aromatic carbocycles. The molecule has 3 aliphatic rings. The van der Waals surface area contributed by atoms with Gasteiger partial charge in [-0.05, 0) is 43.0 Å². The zero-order valence-electron chi connectivity index (χ0n) is 11.4. The van der Waals surface area contributed by atoms with Crippen molar-refractivity contribution in [2.45, 2.75) is 19.3 Å². The number of allylic oxidation sites excluding steroid dienone is 6. The highest BCUT2D eigenvalue weighted by Gasteiger charge is 2.38. The Kier molecular flexibility index (Phi) is 2.56. The Morgan fingerprint density at radius 3 is 2.75 bits per heavy atom. The van der Waals surface area contributed by atoms with Crippen LogP contribution in [0.2, 0.25) is 0 Å². The summed E-state index contributed by atoms with van der Waals surface area (Å²) >= 11 is 0. The van der Waals surface area contributed by atoms with E-state index in [1.54, 1.807) is 0 Å². The highest BCUT2D eigenvalue weighted by atomic mass is 15.2. The van der Waals surface area contributed by atoms with Crippen LogP contribution < -0.4 is 10.6 Å². The average Bonchev–Trinajstić information content (AvgIpc) is 2.84. The van der Waals surface area contributed by atoms with Gasteiger partial charge in [-0.1, -0.05) is 36.4 Å². The molecule has 20 heavy (non-hydrogen) atoms. The lowest BCUT2D eigenvalue weighted by atomic mass is 9.88. The predicted octanol–water partition coefficient (Wildman–Crippen LogP) is 3.86. The van der Waals surface area contributed by atoms with E-state index in [-0.39, 0.29) is 0 Å². The topological polar surface area (TPSA) is 29.3 Å². The Labute approximate surface area is 119 Å². The second-order valence-corrected chi connectivity index (χ2v) is 5.55. The zero-order valence-corrected chi connectivity index (χ0v) is 11.4. The number of nitrogens with two attached hydrogens (primary N) is 1. The molecule has 2 nitrogen and oxygen atoms in total. The molecule has 100 valence electrons. The van der Waals surface area contributed by atoms with Gasteiger partial charge in [0.15, 0.2) is 0 Å². The molecule has 0 saturated carbocycles. The molecule has 2 aliphatic carbocycles. The lowest BCUT2D eigenvalue weighted by Gasteiger charge is -2.28. The van der Waals surface area contributed by atoms with Crippen molar-refractivity contribution < 1.29 is 0 Å². The van der Waals surface area contributed by atoms with Gasteiger partial charge >= 0.3 is 0 Å². The molecule has 1 aromatic rings. The number of para-hydroxylation sites is 1. The first-order chi connectivity index (χ1) is 9.86. The van der Waals surface area contributed by atoms with E-state index in [4.69, 9.17) is 5.73 Å². The van der Waals surface area contributed by atoms with Crippen molar-refractivity contribution in [2.75, 3.05) is 4.90 Å². The van der Waals surface area contributed by atoms with E-state index in [1.165, 1.54) is 22.7 Å². The van der Waals surface area contributed by atoms with Crippen LogP contribution in [0.15, 0.2) is 77.3 Å². The predicted molar refractivity (Wildman–Crippen MR) is 82.8 cm³/mol. The number of anilines is 1. The van der Waals surface area contributed by atoms with Crippen LogP contribution in [0.5, 0.6) is 0 Å². The number of hydrogen-bond acceptors (Lipinski definition) is 2. The molecule has 4 rings (SSSR count). The molecule has 1 aliphatic heterocycles. The van der Waals surface area contributed by atoms with E-state index in [0.29, 0.717) is 5.92 Å². The molecule has 0 unspecified atom stereocenters. The molecule has 0 bridgehead atoms. The Hall–Kier alpha value is -2.22. The average molecular weight is 262 g/mol. The highest BCUT2D eigenvalue weighted by Crippen LogP contribution is 2.47. The number of benzene rings is 1. The molecular formula is C18H18N2. The fourth-order valence-electron chi connectivity index (χ4n) is 3.53. The van der Waals surface area contributed by atoms with Crippen molar-refractivity contribution in [3.63, 3.8) is 0 Å². The van der Waals surface area contributed by atoms with Crippen molar-refractivity contribution in [3.8, 4) is 0 Å². The third-order valence-electron chi connectivity index (χ3n) is 4.37. The molecular weight excluding hydrogens is 244 g/mol. The Bertz CT molecular complexity index is 662. The van der Waals surface area contributed by atoms with E-state index < -0.39 is 0 Å². The van der Waals surface area contributed by atoms with Gasteiger partial charge in [-0.3, -0.25) is 0 Å². The zero-order chi connectivity index (χ0) is 13.5. The monoisotopic (exact) mass is 262 g/mol. The highest BCUT2D eigenvalue weighted by molar-refractivity contribution is 5.68. The van der Waals surface area contributed by atoms with Gasteiger partial charge in [-0.15, -0.1) is 0 Å². The van der Waals surface area contributed by atoms with Crippen LogP contribution in [0, 0.1) is 5.92 Å². The van der Waals surface area contributed by atoms with Crippen LogP contribution in [0.25, 0.3) is 0 Å². The van der Waals surface area contributed by atoms with Crippen LogP contribution >= 0.6 is 0 Å². The summed E-state index contributed by atoms with van der Waals surface area (Å²) in [4.78, 5) is 2.39. The Morgan fingerprint density at radius 2 is 1.90 bits per heavy atom. The maximum Gasteiger partial charge on any atom is 0.0537 e. The molecule has 0 amide bonds. The molecule has 0 saturated heterocycles. The van der Waals surface area contributed by atoms with Crippen molar-refractivity contribution in [2.24, 2.45) is 11.7 Å². The third kappa shape index (κ3) is 1.58. The van der Waals surface area contributed by atoms with Crippen molar-refractivity contribution in [3.05, 3.63) is 77.3 Å². The van der Waals surface area contributed by atoms with Gasteiger partial charge in [0, 0.05) is 17.3 Å². The standard InChI is InChI=1S/C18H18N2/c19-16-11-6-10-15-14-9-4-5-12-17(14)20(18(15)16)13-7-2-1-3-8-13/h1-4,6-9,11,15H,5,10,12,19H2/t15-/m0/s1. The molecule has 0 radical (unpaired) electrons. The number of nitrogens with zero attached hydrogens (tertiary/aromatic N) is 1. The van der Waals surface area contributed by atoms with Crippen molar-refractivity contribution >= 4 is 5.69 Å². The van der Waals surface area contributed by atoms with Gasteiger partial charge in [0.25, 0.3) is 0 Å². The quantitative estimate of drug-likeness (QED) is 0.832. The first kappa shape index (κ1) is 11.6. The molecule has 0 spiro atoms. The first-order valence-corrected chi connectivity index (χ1v) is 7.27. The summed E-state index contributed by atoms with van der Waals surface area (Å²) in [7, 11) is 0. The summed E-state index contributed by atoms with van der Waals surface area (Å²) in [5, 5.41) is 0. The summed E-state index contributed by atoms with van der Waals surface area (Å²) in [6.45, 7) is 0. The smallest absolute Gasteiger partial charge is 0.0537 e. The number of hydrogen-bond donors (Lipinski definition) is 1. The van der Waals surface area contributed by atoms with Crippen LogP contribution in [-0.4, -0.2) is 0 Å². The summed E-state index contributed by atoms with van der Waals surface area (Å²) in [6, 6.07) is 10.6. The molecule has 2 heteroatoms. The largest absolute Gasteiger partial charge is 0.397 e. The maximum absolute atomic E-state index is 6.30. The van der Waals surface area contributed by atoms with Gasteiger partial charge in [0.1, 0.15) is 0 Å². The van der Waals surface area contributed by atoms with Crippen LogP contribution in [0.1, 0.15) is 19.3 Å². The Balaban J connectivity index is 1.92. The second kappa shape index (κ2) is 4.41. The second-order valence-electron chi connectivity index (χ2n) is 5.55. The van der Waals surface area contributed by atoms with Crippen LogP contribution in [-0.2, 0) is 0 Å². The van der Waals surface area contributed by atoms with E-state index >= 15 is 0 Å². The fraction of sp³-hybridized carbons (Fsp3) is 0.222. The first-order valence-electron chi connectivity index (χ1n) is 7.27. The minimum atomic E-state index is 0.437. The van der Waals surface area contributed by atoms with Crippen molar-refractivity contribution in [1.82, 2.24) is 0 Å². The van der Waals surface area contributed by atoms with Crippen molar-refractivity contribution in [1.29, 1.82) is 0 Å². The summed E-state index contributed by atoms with van der Waals surface area (Å²) in [5.41, 5.74) is 12.6. The Morgan fingerprint density at radius 1 is 1.05 bits per heavy atom. The lowest BCUT2D eigenvalue weighted by molar-refractivity contribution is 0.735. The fourth-order valence-corrected chi connectivity index (χ4v) is 3.53. The van der Waals surface area contributed by atoms with Gasteiger partial charge in [0.2, 0.25) is 0 Å². The SMILES string of the molecule is NC1=C2[C@@H](CC=C1)C1=C(CCC=C1)N2c1ccccc1. The van der Waals surface area contributed by atoms with Crippen LogP contribution in [0.4, 0.5) is 5.69 Å². The van der Waals surface area contributed by atoms with Gasteiger partial charge in [0.05, 0.1) is 11.4 Å². The molecule has 2 N–H and O–H groups in total. The van der Waals surface area contributed by atoms with E-state index in [9.17, 15) is 0 Å². The van der Waals surface area contributed by atoms with Gasteiger partial charge in [-0.25, -0.2) is 0 Å². The maximum atomic E-state index is 6.30. The van der Waals surface area contributed by atoms with Gasteiger partial charge < -0.3 is 10.6 Å².